The van der Waals surface area contributed by atoms with Gasteiger partial charge < -0.3 is 0 Å². The van der Waals surface area contributed by atoms with E-state index in [1.165, 1.54) is 22.3 Å². The molecule has 0 amide bonds. The summed E-state index contributed by atoms with van der Waals surface area (Å²) in [6.45, 7) is 4.32. The smallest absolute Gasteiger partial charge is 0.0406 e. The Balaban J connectivity index is 2.26. The second-order valence-electron chi connectivity index (χ2n) is 4.98. The molecule has 0 aliphatic carbocycles. The maximum absolute atomic E-state index is 6.16. The molecular weight excluding hydrogens is 275 g/mol. The lowest BCUT2D eigenvalue weighted by molar-refractivity contribution is 0.758. The van der Waals surface area contributed by atoms with Gasteiger partial charge in [-0.25, -0.2) is 0 Å². The van der Waals surface area contributed by atoms with Crippen LogP contribution in [0.1, 0.15) is 28.2 Å². The Bertz CT molecular complexity index is 523. The zero-order valence-electron chi connectivity index (χ0n) is 11.3. The molecule has 0 nitrogen and oxygen atoms in total. The number of hydrogen-bond acceptors (Lipinski definition) is 0. The van der Waals surface area contributed by atoms with E-state index >= 15 is 0 Å². The first-order valence-electron chi connectivity index (χ1n) is 6.48. The predicted molar refractivity (Wildman–Crippen MR) is 84.5 cm³/mol. The van der Waals surface area contributed by atoms with E-state index in [0.717, 1.165) is 11.4 Å². The van der Waals surface area contributed by atoms with Gasteiger partial charge in [-0.15, -0.1) is 11.6 Å². The Labute approximate surface area is 125 Å². The van der Waals surface area contributed by atoms with E-state index in [-0.39, 0.29) is 0 Å². The first-order chi connectivity index (χ1) is 9.11. The fourth-order valence-corrected chi connectivity index (χ4v) is 2.83. The van der Waals surface area contributed by atoms with Gasteiger partial charge in [0, 0.05) is 16.8 Å². The van der Waals surface area contributed by atoms with Crippen LogP contribution in [0.2, 0.25) is 5.02 Å². The number of benzene rings is 2. The van der Waals surface area contributed by atoms with Crippen molar-refractivity contribution in [3.8, 4) is 0 Å². The summed E-state index contributed by atoms with van der Waals surface area (Å²) in [5.74, 6) is 0.953. The van der Waals surface area contributed by atoms with Crippen molar-refractivity contribution < 1.29 is 0 Å². The molecule has 2 aromatic carbocycles. The first-order valence-corrected chi connectivity index (χ1v) is 7.39. The molecule has 2 rings (SSSR count). The van der Waals surface area contributed by atoms with Gasteiger partial charge in [0.1, 0.15) is 0 Å². The van der Waals surface area contributed by atoms with Crippen LogP contribution >= 0.6 is 23.2 Å². The van der Waals surface area contributed by atoms with Crippen molar-refractivity contribution in [1.82, 2.24) is 0 Å². The number of halogens is 2. The Hall–Kier alpha value is -0.980. The molecule has 0 aromatic heterocycles. The Kier molecular flexibility index (Phi) is 4.90. The molecular formula is C17H18Cl2. The van der Waals surface area contributed by atoms with E-state index in [0.29, 0.717) is 11.8 Å². The van der Waals surface area contributed by atoms with Crippen molar-refractivity contribution in [2.75, 3.05) is 5.88 Å². The third-order valence-electron chi connectivity index (χ3n) is 3.62. The SMILES string of the molecule is Cc1cccc(C)c1CC(CCl)c1ccc(Cl)cc1. The summed E-state index contributed by atoms with van der Waals surface area (Å²) in [7, 11) is 0. The molecule has 0 fully saturated rings. The lowest BCUT2D eigenvalue weighted by atomic mass is 9.89. The summed E-state index contributed by atoms with van der Waals surface area (Å²) in [5.41, 5.74) is 5.33. The normalized spacial score (nSPS) is 12.4. The predicted octanol–water partition coefficient (Wildman–Crippen LogP) is 5.52. The van der Waals surface area contributed by atoms with Crippen molar-refractivity contribution in [3.63, 3.8) is 0 Å². The number of hydrogen-bond donors (Lipinski definition) is 0. The quantitative estimate of drug-likeness (QED) is 0.651. The highest BCUT2D eigenvalue weighted by molar-refractivity contribution is 6.30. The topological polar surface area (TPSA) is 0 Å². The van der Waals surface area contributed by atoms with Crippen LogP contribution in [0.4, 0.5) is 0 Å². The molecule has 0 heterocycles. The maximum Gasteiger partial charge on any atom is 0.0406 e. The fraction of sp³-hybridized carbons (Fsp3) is 0.294. The van der Waals surface area contributed by atoms with E-state index in [1.807, 2.05) is 12.1 Å². The minimum absolute atomic E-state index is 0.332. The summed E-state index contributed by atoms with van der Waals surface area (Å²) in [6.07, 6.45) is 0.976. The van der Waals surface area contributed by atoms with E-state index in [9.17, 15) is 0 Å². The highest BCUT2D eigenvalue weighted by Gasteiger charge is 2.14. The minimum atomic E-state index is 0.332. The Morgan fingerprint density at radius 1 is 0.947 bits per heavy atom. The molecule has 0 aliphatic heterocycles. The zero-order valence-corrected chi connectivity index (χ0v) is 12.8. The van der Waals surface area contributed by atoms with Gasteiger partial charge in [0.15, 0.2) is 0 Å². The van der Waals surface area contributed by atoms with Gasteiger partial charge in [0.25, 0.3) is 0 Å². The van der Waals surface area contributed by atoms with Crippen LogP contribution in [0.5, 0.6) is 0 Å². The lowest BCUT2D eigenvalue weighted by Crippen LogP contribution is -2.07. The first kappa shape index (κ1) is 14.4. The number of rotatable bonds is 4. The van der Waals surface area contributed by atoms with Crippen molar-refractivity contribution in [2.24, 2.45) is 0 Å². The van der Waals surface area contributed by atoms with Crippen LogP contribution in [0, 0.1) is 13.8 Å². The van der Waals surface area contributed by atoms with Gasteiger partial charge in [0.05, 0.1) is 0 Å². The van der Waals surface area contributed by atoms with Crippen molar-refractivity contribution in [1.29, 1.82) is 0 Å². The van der Waals surface area contributed by atoms with Gasteiger partial charge in [0.2, 0.25) is 0 Å². The molecule has 0 saturated heterocycles. The Morgan fingerprint density at radius 2 is 1.53 bits per heavy atom. The van der Waals surface area contributed by atoms with Crippen molar-refractivity contribution in [2.45, 2.75) is 26.2 Å². The van der Waals surface area contributed by atoms with E-state index < -0.39 is 0 Å². The van der Waals surface area contributed by atoms with Gasteiger partial charge in [-0.3, -0.25) is 0 Å². The summed E-state index contributed by atoms with van der Waals surface area (Å²) >= 11 is 12.1. The van der Waals surface area contributed by atoms with Gasteiger partial charge in [-0.1, -0.05) is 41.9 Å². The molecule has 2 heteroatoms. The zero-order chi connectivity index (χ0) is 13.8. The van der Waals surface area contributed by atoms with Gasteiger partial charge >= 0.3 is 0 Å². The highest BCUT2D eigenvalue weighted by Crippen LogP contribution is 2.26. The monoisotopic (exact) mass is 292 g/mol. The summed E-state index contributed by atoms with van der Waals surface area (Å²) in [4.78, 5) is 0. The molecule has 1 atom stereocenters. The van der Waals surface area contributed by atoms with E-state index in [2.05, 4.69) is 44.2 Å². The molecule has 0 radical (unpaired) electrons. The third-order valence-corrected chi connectivity index (χ3v) is 4.25. The molecule has 2 aromatic rings. The Morgan fingerprint density at radius 3 is 2.05 bits per heavy atom. The summed E-state index contributed by atoms with van der Waals surface area (Å²) < 4.78 is 0. The van der Waals surface area contributed by atoms with E-state index in [4.69, 9.17) is 23.2 Å². The molecule has 1 unspecified atom stereocenters. The maximum atomic E-state index is 6.16. The number of alkyl halides is 1. The molecule has 100 valence electrons. The van der Waals surface area contributed by atoms with E-state index in [1.54, 1.807) is 0 Å². The molecule has 0 aliphatic rings. The van der Waals surface area contributed by atoms with Crippen LogP contribution in [0.15, 0.2) is 42.5 Å². The average Bonchev–Trinajstić information content (AvgIpc) is 2.40. The summed E-state index contributed by atoms with van der Waals surface area (Å²) in [5, 5.41) is 0.768. The minimum Gasteiger partial charge on any atom is -0.126 e. The second-order valence-corrected chi connectivity index (χ2v) is 5.72. The standard InChI is InChI=1S/C17H18Cl2/c1-12-4-3-5-13(2)17(12)10-15(11-18)14-6-8-16(19)9-7-14/h3-9,15H,10-11H2,1-2H3. The molecule has 0 bridgehead atoms. The number of aryl methyl sites for hydroxylation is 2. The van der Waals surface area contributed by atoms with Crippen molar-refractivity contribution >= 4 is 23.2 Å². The van der Waals surface area contributed by atoms with Crippen molar-refractivity contribution in [3.05, 3.63) is 69.7 Å². The van der Waals surface area contributed by atoms with Crippen LogP contribution in [-0.4, -0.2) is 5.88 Å². The van der Waals surface area contributed by atoms with Crippen LogP contribution < -0.4 is 0 Å². The molecule has 19 heavy (non-hydrogen) atoms. The lowest BCUT2D eigenvalue weighted by Gasteiger charge is -2.18. The van der Waals surface area contributed by atoms with Crippen LogP contribution in [0.25, 0.3) is 0 Å². The molecule has 0 spiro atoms. The van der Waals surface area contributed by atoms with Crippen LogP contribution in [0.3, 0.4) is 0 Å². The van der Waals surface area contributed by atoms with Gasteiger partial charge in [-0.2, -0.15) is 0 Å². The van der Waals surface area contributed by atoms with Crippen LogP contribution in [-0.2, 0) is 6.42 Å². The average molecular weight is 293 g/mol. The summed E-state index contributed by atoms with van der Waals surface area (Å²) in [6, 6.07) is 14.4. The van der Waals surface area contributed by atoms with Gasteiger partial charge in [-0.05, 0) is 54.7 Å². The molecule has 0 saturated carbocycles. The molecule has 0 N–H and O–H groups in total. The second kappa shape index (κ2) is 6.45. The fourth-order valence-electron chi connectivity index (χ4n) is 2.41. The highest BCUT2D eigenvalue weighted by atomic mass is 35.5. The largest absolute Gasteiger partial charge is 0.126 e. The third kappa shape index (κ3) is 3.52.